The number of rotatable bonds is 5. The first-order valence-corrected chi connectivity index (χ1v) is 7.84. The van der Waals surface area contributed by atoms with Crippen LogP contribution in [0.4, 0.5) is 4.79 Å². The molecule has 1 aromatic heterocycles. The topological polar surface area (TPSA) is 62.7 Å². The number of aromatic nitrogens is 1. The highest BCUT2D eigenvalue weighted by atomic mass is 32.1. The van der Waals surface area contributed by atoms with Crippen LogP contribution in [-0.2, 0) is 21.6 Å². The molecule has 0 saturated carbocycles. The van der Waals surface area contributed by atoms with Gasteiger partial charge in [-0.2, -0.15) is 0 Å². The Morgan fingerprint density at radius 3 is 2.36 bits per heavy atom. The summed E-state index contributed by atoms with van der Waals surface area (Å²) in [6, 6.07) is 0. The minimum Gasteiger partial charge on any atom is -0.444 e. The van der Waals surface area contributed by atoms with Crippen LogP contribution < -0.4 is 0 Å². The molecule has 0 aliphatic carbocycles. The molecule has 22 heavy (non-hydrogen) atoms. The lowest BCUT2D eigenvalue weighted by Gasteiger charge is -2.33. The van der Waals surface area contributed by atoms with Gasteiger partial charge in [-0.1, -0.05) is 0 Å². The number of likely N-dealkylation sites (N-methyl/N-ethyl adjacent to an activating group) is 1. The number of hydrogen-bond donors (Lipinski definition) is 0. The van der Waals surface area contributed by atoms with Gasteiger partial charge in [-0.05, 0) is 41.8 Å². The Morgan fingerprint density at radius 2 is 1.91 bits per heavy atom. The molecule has 0 fully saturated rings. The lowest BCUT2D eigenvalue weighted by Crippen LogP contribution is -2.48. The number of nitrogens with zero attached hydrogens (tertiary/aromatic N) is 3. The molecule has 1 atom stereocenters. The van der Waals surface area contributed by atoms with E-state index in [9.17, 15) is 9.59 Å². The van der Waals surface area contributed by atoms with Crippen LogP contribution in [-0.4, -0.2) is 53.9 Å². The maximum atomic E-state index is 12.2. The van der Waals surface area contributed by atoms with Crippen LogP contribution in [0.15, 0.2) is 6.20 Å². The molecule has 1 unspecified atom stereocenters. The molecule has 0 bridgehead atoms. The number of carbonyl (C=O) groups excluding carboxylic acids is 2. The van der Waals surface area contributed by atoms with Crippen molar-refractivity contribution in [3.05, 3.63) is 16.1 Å². The number of ether oxygens (including phenoxy) is 1. The molecule has 6 nitrogen and oxygen atoms in total. The standard InChI is InChI=1S/C15H25N3O3S/c1-14(2,3)21-13(20)18(7)15(4,10-19)12-16-8-11(22-12)9-17(5)6/h8,10H,9H2,1-7H3. The number of aldehydes is 1. The van der Waals surface area contributed by atoms with Gasteiger partial charge in [0, 0.05) is 24.7 Å². The van der Waals surface area contributed by atoms with Crippen molar-refractivity contribution in [1.82, 2.24) is 14.8 Å². The minimum atomic E-state index is -1.14. The third-order valence-electron chi connectivity index (χ3n) is 3.05. The highest BCUT2D eigenvalue weighted by molar-refractivity contribution is 7.11. The summed E-state index contributed by atoms with van der Waals surface area (Å²) in [5, 5.41) is 0.577. The number of hydrogen-bond acceptors (Lipinski definition) is 6. The SMILES string of the molecule is CN(C)Cc1cnc(C(C)(C=O)N(C)C(=O)OC(C)(C)C)s1. The van der Waals surface area contributed by atoms with Crippen molar-refractivity contribution in [1.29, 1.82) is 0 Å². The number of thiazole rings is 1. The lowest BCUT2D eigenvalue weighted by molar-refractivity contribution is -0.117. The van der Waals surface area contributed by atoms with Crippen LogP contribution in [0.25, 0.3) is 0 Å². The minimum absolute atomic E-state index is 0.550. The summed E-state index contributed by atoms with van der Waals surface area (Å²) in [6.07, 6.45) is 1.92. The van der Waals surface area contributed by atoms with Gasteiger partial charge < -0.3 is 14.4 Å². The average Bonchev–Trinajstić information content (AvgIpc) is 2.82. The van der Waals surface area contributed by atoms with Gasteiger partial charge >= 0.3 is 6.09 Å². The Morgan fingerprint density at radius 1 is 1.32 bits per heavy atom. The fraction of sp³-hybridized carbons (Fsp3) is 0.667. The zero-order chi connectivity index (χ0) is 17.1. The van der Waals surface area contributed by atoms with Gasteiger partial charge in [-0.15, -0.1) is 11.3 Å². The molecule has 1 rings (SSSR count). The van der Waals surface area contributed by atoms with Crippen molar-refractivity contribution in [3.8, 4) is 0 Å². The van der Waals surface area contributed by atoms with Crippen LogP contribution in [0.2, 0.25) is 0 Å². The van der Waals surface area contributed by atoms with Crippen molar-refractivity contribution in [3.63, 3.8) is 0 Å². The molecule has 0 aliphatic heterocycles. The molecule has 0 aliphatic rings. The Bertz CT molecular complexity index is 536. The molecular weight excluding hydrogens is 302 g/mol. The largest absolute Gasteiger partial charge is 0.444 e. The first kappa shape index (κ1) is 18.6. The van der Waals surface area contributed by atoms with E-state index in [1.54, 1.807) is 40.9 Å². The van der Waals surface area contributed by atoms with E-state index in [0.29, 0.717) is 5.01 Å². The summed E-state index contributed by atoms with van der Waals surface area (Å²) < 4.78 is 5.34. The second-order valence-electron chi connectivity index (χ2n) is 6.67. The predicted octanol–water partition coefficient (Wildman–Crippen LogP) is 2.49. The van der Waals surface area contributed by atoms with Crippen LogP contribution in [0.1, 0.15) is 37.6 Å². The molecule has 0 aromatic carbocycles. The smallest absolute Gasteiger partial charge is 0.411 e. The highest BCUT2D eigenvalue weighted by Gasteiger charge is 2.39. The van der Waals surface area contributed by atoms with E-state index in [4.69, 9.17) is 4.74 Å². The summed E-state index contributed by atoms with van der Waals surface area (Å²) >= 11 is 1.42. The third-order valence-corrected chi connectivity index (χ3v) is 4.26. The van der Waals surface area contributed by atoms with Gasteiger partial charge in [-0.25, -0.2) is 9.78 Å². The quantitative estimate of drug-likeness (QED) is 0.778. The van der Waals surface area contributed by atoms with E-state index in [0.717, 1.165) is 17.7 Å². The van der Waals surface area contributed by atoms with Gasteiger partial charge in [-0.3, -0.25) is 4.90 Å². The van der Waals surface area contributed by atoms with E-state index < -0.39 is 17.2 Å². The van der Waals surface area contributed by atoms with Crippen molar-refractivity contribution in [2.45, 2.75) is 45.4 Å². The molecule has 0 N–H and O–H groups in total. The normalized spacial score (nSPS) is 14.5. The Balaban J connectivity index is 3.02. The van der Waals surface area contributed by atoms with Gasteiger partial charge in [0.25, 0.3) is 0 Å². The van der Waals surface area contributed by atoms with Gasteiger partial charge in [0.05, 0.1) is 0 Å². The summed E-state index contributed by atoms with van der Waals surface area (Å²) in [4.78, 5) is 32.6. The summed E-state index contributed by atoms with van der Waals surface area (Å²) in [7, 11) is 5.48. The molecule has 7 heteroatoms. The molecule has 1 amide bonds. The zero-order valence-electron chi connectivity index (χ0n) is 14.3. The zero-order valence-corrected chi connectivity index (χ0v) is 15.2. The molecule has 0 saturated heterocycles. The van der Waals surface area contributed by atoms with Gasteiger partial charge in [0.15, 0.2) is 6.29 Å². The first-order valence-electron chi connectivity index (χ1n) is 7.02. The fourth-order valence-corrected chi connectivity index (χ4v) is 2.89. The Labute approximate surface area is 136 Å². The Kier molecular flexibility index (Phi) is 5.70. The van der Waals surface area contributed by atoms with E-state index in [1.807, 2.05) is 19.0 Å². The molecule has 0 radical (unpaired) electrons. The van der Waals surface area contributed by atoms with Gasteiger partial charge in [0.2, 0.25) is 0 Å². The molecule has 1 heterocycles. The monoisotopic (exact) mass is 327 g/mol. The van der Waals surface area contributed by atoms with E-state index in [-0.39, 0.29) is 0 Å². The summed E-state index contributed by atoms with van der Waals surface area (Å²) in [5.74, 6) is 0. The van der Waals surface area contributed by atoms with Crippen molar-refractivity contribution >= 4 is 23.7 Å². The molecule has 124 valence electrons. The van der Waals surface area contributed by atoms with E-state index in [1.165, 1.54) is 16.2 Å². The maximum Gasteiger partial charge on any atom is 0.411 e. The number of amides is 1. The average molecular weight is 327 g/mol. The van der Waals surface area contributed by atoms with Crippen LogP contribution in [0.5, 0.6) is 0 Å². The van der Waals surface area contributed by atoms with Crippen molar-refractivity contribution < 1.29 is 14.3 Å². The van der Waals surface area contributed by atoms with Crippen molar-refractivity contribution in [2.24, 2.45) is 0 Å². The Hall–Kier alpha value is -1.47. The van der Waals surface area contributed by atoms with E-state index in [2.05, 4.69) is 4.98 Å². The fourth-order valence-electron chi connectivity index (χ4n) is 1.72. The molecule has 0 spiro atoms. The lowest BCUT2D eigenvalue weighted by atomic mass is 10.0. The first-order chi connectivity index (χ1) is 9.99. The van der Waals surface area contributed by atoms with Crippen LogP contribution >= 0.6 is 11.3 Å². The van der Waals surface area contributed by atoms with Crippen molar-refractivity contribution in [2.75, 3.05) is 21.1 Å². The second-order valence-corrected chi connectivity index (χ2v) is 7.79. The number of carbonyl (C=O) groups is 2. The third kappa shape index (κ3) is 4.51. The predicted molar refractivity (Wildman–Crippen MR) is 86.9 cm³/mol. The van der Waals surface area contributed by atoms with Gasteiger partial charge in [0.1, 0.15) is 16.1 Å². The summed E-state index contributed by atoms with van der Waals surface area (Å²) in [5.41, 5.74) is -1.76. The highest BCUT2D eigenvalue weighted by Crippen LogP contribution is 2.30. The van der Waals surface area contributed by atoms with Crippen LogP contribution in [0, 0.1) is 0 Å². The molecular formula is C15H25N3O3S. The molecule has 1 aromatic rings. The maximum absolute atomic E-state index is 12.2. The van der Waals surface area contributed by atoms with Crippen LogP contribution in [0.3, 0.4) is 0 Å². The second kappa shape index (κ2) is 6.75. The van der Waals surface area contributed by atoms with E-state index >= 15 is 0 Å². The summed E-state index contributed by atoms with van der Waals surface area (Å²) in [6.45, 7) is 7.77.